The van der Waals surface area contributed by atoms with Crippen LogP contribution in [0.2, 0.25) is 0 Å². The summed E-state index contributed by atoms with van der Waals surface area (Å²) >= 11 is 0. The first-order valence-electron chi connectivity index (χ1n) is 6.06. The highest BCUT2D eigenvalue weighted by molar-refractivity contribution is 6.05. The number of likely N-dealkylation sites (tertiary alicyclic amines) is 1. The molecule has 1 rings (SSSR count). The minimum absolute atomic E-state index is 0.0339. The van der Waals surface area contributed by atoms with E-state index in [-0.39, 0.29) is 11.7 Å². The summed E-state index contributed by atoms with van der Waals surface area (Å²) in [5.41, 5.74) is 4.64. The van der Waals surface area contributed by atoms with Crippen LogP contribution in [0.3, 0.4) is 0 Å². The number of amides is 1. The fourth-order valence-electron chi connectivity index (χ4n) is 2.46. The molecule has 0 bridgehead atoms. The van der Waals surface area contributed by atoms with Crippen molar-refractivity contribution in [1.82, 2.24) is 4.90 Å². The molecule has 0 saturated carbocycles. The maximum absolute atomic E-state index is 12.4. The van der Waals surface area contributed by atoms with E-state index in [0.717, 1.165) is 19.5 Å². The van der Waals surface area contributed by atoms with Gasteiger partial charge in [-0.1, -0.05) is 19.0 Å². The Morgan fingerprint density at radius 1 is 1.35 bits per heavy atom. The van der Waals surface area contributed by atoms with Crippen molar-refractivity contribution in [3.8, 4) is 0 Å². The molecule has 1 amide bonds. The molecule has 0 radical (unpaired) electrons. The summed E-state index contributed by atoms with van der Waals surface area (Å²) in [4.78, 5) is 14.2. The summed E-state index contributed by atoms with van der Waals surface area (Å²) in [5.74, 6) is 0.913. The number of carbonyl (C=O) groups is 1. The van der Waals surface area contributed by atoms with E-state index in [1.54, 1.807) is 13.8 Å². The van der Waals surface area contributed by atoms with Crippen LogP contribution in [0, 0.1) is 17.3 Å². The molecule has 0 aromatic carbocycles. The highest BCUT2D eigenvalue weighted by atomic mass is 16.4. The fourth-order valence-corrected chi connectivity index (χ4v) is 2.46. The van der Waals surface area contributed by atoms with E-state index in [9.17, 15) is 4.79 Å². The van der Waals surface area contributed by atoms with Crippen LogP contribution in [0.1, 0.15) is 34.1 Å². The fraction of sp³-hybridized carbons (Fsp3) is 0.833. The number of piperidine rings is 1. The molecule has 17 heavy (non-hydrogen) atoms. The van der Waals surface area contributed by atoms with Crippen LogP contribution in [0.4, 0.5) is 0 Å². The van der Waals surface area contributed by atoms with Gasteiger partial charge in [0.25, 0.3) is 0 Å². The number of carbonyl (C=O) groups excluding carboxylic acids is 1. The normalized spacial score (nSPS) is 27.1. The summed E-state index contributed by atoms with van der Waals surface area (Å²) < 4.78 is 0. The molecule has 0 aromatic heterocycles. The zero-order valence-corrected chi connectivity index (χ0v) is 11.1. The van der Waals surface area contributed by atoms with Gasteiger partial charge in [0.1, 0.15) is 5.41 Å². The SMILES string of the molecule is CC1CC(C)CN(C(=O)C(C)(C)C(N)=NO)C1. The van der Waals surface area contributed by atoms with Gasteiger partial charge in [-0.2, -0.15) is 0 Å². The summed E-state index contributed by atoms with van der Waals surface area (Å²) in [6, 6.07) is 0. The van der Waals surface area contributed by atoms with Gasteiger partial charge in [0.15, 0.2) is 5.84 Å². The van der Waals surface area contributed by atoms with E-state index >= 15 is 0 Å². The minimum atomic E-state index is -0.939. The van der Waals surface area contributed by atoms with Gasteiger partial charge >= 0.3 is 0 Å². The van der Waals surface area contributed by atoms with Gasteiger partial charge in [0, 0.05) is 13.1 Å². The Morgan fingerprint density at radius 3 is 2.24 bits per heavy atom. The van der Waals surface area contributed by atoms with Gasteiger partial charge in [0.2, 0.25) is 5.91 Å². The average molecular weight is 241 g/mol. The molecule has 0 aliphatic carbocycles. The molecular formula is C12H23N3O2. The molecule has 1 saturated heterocycles. The van der Waals surface area contributed by atoms with Crippen molar-refractivity contribution >= 4 is 11.7 Å². The molecule has 1 fully saturated rings. The van der Waals surface area contributed by atoms with Crippen LogP contribution < -0.4 is 5.73 Å². The van der Waals surface area contributed by atoms with Crippen molar-refractivity contribution in [3.63, 3.8) is 0 Å². The molecule has 1 aliphatic heterocycles. The summed E-state index contributed by atoms with van der Waals surface area (Å²) in [6.07, 6.45) is 1.15. The Balaban J connectivity index is 2.82. The van der Waals surface area contributed by atoms with E-state index in [1.807, 2.05) is 4.90 Å². The maximum atomic E-state index is 12.4. The summed E-state index contributed by atoms with van der Waals surface area (Å²) in [6.45, 7) is 9.18. The van der Waals surface area contributed by atoms with Gasteiger partial charge in [0.05, 0.1) is 0 Å². The first-order chi connectivity index (χ1) is 7.78. The van der Waals surface area contributed by atoms with Crippen LogP contribution in [-0.4, -0.2) is 34.9 Å². The van der Waals surface area contributed by atoms with Gasteiger partial charge < -0.3 is 15.8 Å². The zero-order chi connectivity index (χ0) is 13.2. The average Bonchev–Trinajstić information content (AvgIpc) is 2.25. The Hall–Kier alpha value is -1.26. The summed E-state index contributed by atoms with van der Waals surface area (Å²) in [7, 11) is 0. The highest BCUT2D eigenvalue weighted by Gasteiger charge is 2.38. The molecule has 2 unspecified atom stereocenters. The first-order valence-corrected chi connectivity index (χ1v) is 6.06. The quantitative estimate of drug-likeness (QED) is 0.330. The number of rotatable bonds is 2. The molecule has 1 aliphatic rings. The van der Waals surface area contributed by atoms with Crippen molar-refractivity contribution in [3.05, 3.63) is 0 Å². The van der Waals surface area contributed by atoms with Crippen molar-refractivity contribution in [1.29, 1.82) is 0 Å². The number of hydrogen-bond donors (Lipinski definition) is 2. The number of hydrogen-bond acceptors (Lipinski definition) is 3. The topological polar surface area (TPSA) is 78.9 Å². The van der Waals surface area contributed by atoms with Gasteiger partial charge in [-0.3, -0.25) is 4.79 Å². The van der Waals surface area contributed by atoms with Crippen molar-refractivity contribution in [2.45, 2.75) is 34.1 Å². The molecule has 5 heteroatoms. The summed E-state index contributed by atoms with van der Waals surface area (Å²) in [5, 5.41) is 11.7. The van der Waals surface area contributed by atoms with Crippen molar-refractivity contribution < 1.29 is 10.0 Å². The molecule has 0 aromatic rings. The third-order valence-corrected chi connectivity index (χ3v) is 3.44. The lowest BCUT2D eigenvalue weighted by atomic mass is 9.86. The van der Waals surface area contributed by atoms with E-state index < -0.39 is 5.41 Å². The van der Waals surface area contributed by atoms with Crippen LogP contribution >= 0.6 is 0 Å². The molecule has 1 heterocycles. The Kier molecular flexibility index (Phi) is 4.01. The molecule has 98 valence electrons. The molecule has 0 spiro atoms. The predicted molar refractivity (Wildman–Crippen MR) is 66.7 cm³/mol. The number of nitrogens with zero attached hydrogens (tertiary/aromatic N) is 2. The third-order valence-electron chi connectivity index (χ3n) is 3.44. The lowest BCUT2D eigenvalue weighted by Gasteiger charge is -2.38. The Labute approximate surface area is 103 Å². The van der Waals surface area contributed by atoms with Crippen LogP contribution in [0.5, 0.6) is 0 Å². The lowest BCUT2D eigenvalue weighted by molar-refractivity contribution is -0.139. The van der Waals surface area contributed by atoms with E-state index in [4.69, 9.17) is 10.9 Å². The first kappa shape index (κ1) is 13.8. The van der Waals surface area contributed by atoms with Gasteiger partial charge in [-0.05, 0) is 32.1 Å². The van der Waals surface area contributed by atoms with Crippen molar-refractivity contribution in [2.24, 2.45) is 28.1 Å². The zero-order valence-electron chi connectivity index (χ0n) is 11.1. The standard InChI is InChI=1S/C12H23N3O2/c1-8-5-9(2)7-15(6-8)11(16)12(3,4)10(13)14-17/h8-9,17H,5-7H2,1-4H3,(H2,13,14). The smallest absolute Gasteiger partial charge is 0.235 e. The second kappa shape index (κ2) is 4.94. The van der Waals surface area contributed by atoms with Crippen molar-refractivity contribution in [2.75, 3.05) is 13.1 Å². The second-order valence-electron chi connectivity index (χ2n) is 5.77. The number of amidine groups is 1. The largest absolute Gasteiger partial charge is 0.409 e. The van der Waals surface area contributed by atoms with Crippen LogP contribution in [0.15, 0.2) is 5.16 Å². The molecule has 3 N–H and O–H groups in total. The van der Waals surface area contributed by atoms with E-state index in [2.05, 4.69) is 19.0 Å². The van der Waals surface area contributed by atoms with E-state index in [1.165, 1.54) is 0 Å². The number of oxime groups is 1. The minimum Gasteiger partial charge on any atom is -0.409 e. The number of nitrogens with two attached hydrogens (primary N) is 1. The maximum Gasteiger partial charge on any atom is 0.235 e. The monoisotopic (exact) mass is 241 g/mol. The molecule has 2 atom stereocenters. The van der Waals surface area contributed by atoms with Crippen LogP contribution in [0.25, 0.3) is 0 Å². The van der Waals surface area contributed by atoms with E-state index in [0.29, 0.717) is 11.8 Å². The van der Waals surface area contributed by atoms with Gasteiger partial charge in [-0.15, -0.1) is 0 Å². The lowest BCUT2D eigenvalue weighted by Crippen LogP contribution is -2.52. The Morgan fingerprint density at radius 2 is 1.82 bits per heavy atom. The third kappa shape index (κ3) is 2.90. The molecule has 5 nitrogen and oxygen atoms in total. The Bertz CT molecular complexity index is 316. The van der Waals surface area contributed by atoms with Gasteiger partial charge in [-0.25, -0.2) is 0 Å². The second-order valence-corrected chi connectivity index (χ2v) is 5.77. The van der Waals surface area contributed by atoms with Crippen LogP contribution in [-0.2, 0) is 4.79 Å². The molecular weight excluding hydrogens is 218 g/mol. The predicted octanol–water partition coefficient (Wildman–Crippen LogP) is 1.26. The highest BCUT2D eigenvalue weighted by Crippen LogP contribution is 2.26.